The minimum Gasteiger partial charge on any atom is -0.384 e. The van der Waals surface area contributed by atoms with Crippen LogP contribution >= 0.6 is 22.6 Å². The number of benzene rings is 2. The normalized spacial score (nSPS) is 10.2. The average molecular weight is 382 g/mol. The molecule has 2 rings (SSSR count). The van der Waals surface area contributed by atoms with Gasteiger partial charge in [-0.25, -0.2) is 0 Å². The Hall–Kier alpha value is -1.63. The second kappa shape index (κ2) is 7.23. The van der Waals surface area contributed by atoms with Crippen LogP contribution in [0.1, 0.15) is 12.0 Å². The predicted molar refractivity (Wildman–Crippen MR) is 89.1 cm³/mol. The number of anilines is 1. The summed E-state index contributed by atoms with van der Waals surface area (Å²) >= 11 is 2.12. The molecule has 0 saturated carbocycles. The van der Waals surface area contributed by atoms with Crippen LogP contribution in [0.2, 0.25) is 0 Å². The number of nitrogens with one attached hydrogen (secondary N) is 1. The third-order valence-electron chi connectivity index (χ3n) is 2.96. The average Bonchev–Trinajstić information content (AvgIpc) is 2.46. The summed E-state index contributed by atoms with van der Waals surface area (Å²) in [6.07, 6.45) is 2.05. The molecule has 1 N–H and O–H groups in total. The van der Waals surface area contributed by atoms with Gasteiger partial charge in [0.25, 0.3) is 5.69 Å². The predicted octanol–water partition coefficient (Wildman–Crippen LogP) is 4.24. The van der Waals surface area contributed by atoms with Gasteiger partial charge in [-0.3, -0.25) is 10.1 Å². The Balaban J connectivity index is 1.84. The first-order valence-electron chi connectivity index (χ1n) is 6.38. The van der Waals surface area contributed by atoms with Crippen LogP contribution in [-0.2, 0) is 6.42 Å². The van der Waals surface area contributed by atoms with Crippen molar-refractivity contribution >= 4 is 34.0 Å². The number of nitrogens with zero attached hydrogens (tertiary/aromatic N) is 1. The fraction of sp³-hybridized carbons (Fsp3) is 0.200. The van der Waals surface area contributed by atoms with Gasteiger partial charge in [-0.2, -0.15) is 0 Å². The molecule has 104 valence electrons. The number of non-ortho nitro benzene ring substituents is 1. The molecule has 2 aromatic carbocycles. The van der Waals surface area contributed by atoms with E-state index in [2.05, 4.69) is 40.0 Å². The number of aryl methyl sites for hydroxylation is 1. The summed E-state index contributed by atoms with van der Waals surface area (Å²) in [6.45, 7) is 0.850. The van der Waals surface area contributed by atoms with E-state index in [4.69, 9.17) is 0 Å². The number of hydrogen-bond donors (Lipinski definition) is 1. The van der Waals surface area contributed by atoms with Crippen molar-refractivity contribution in [1.82, 2.24) is 0 Å². The Kier molecular flexibility index (Phi) is 5.34. The Bertz CT molecular complexity index is 588. The van der Waals surface area contributed by atoms with Gasteiger partial charge in [0.2, 0.25) is 0 Å². The lowest BCUT2D eigenvalue weighted by Gasteiger charge is -2.08. The van der Waals surface area contributed by atoms with Gasteiger partial charge in [0.15, 0.2) is 0 Å². The van der Waals surface area contributed by atoms with Crippen molar-refractivity contribution in [3.05, 3.63) is 67.8 Å². The van der Waals surface area contributed by atoms with Crippen LogP contribution in [-0.4, -0.2) is 11.5 Å². The van der Waals surface area contributed by atoms with Gasteiger partial charge in [0.1, 0.15) is 0 Å². The molecule has 0 saturated heterocycles. The highest BCUT2D eigenvalue weighted by atomic mass is 127. The Morgan fingerprint density at radius 3 is 2.55 bits per heavy atom. The van der Waals surface area contributed by atoms with Crippen molar-refractivity contribution < 1.29 is 4.92 Å². The topological polar surface area (TPSA) is 55.2 Å². The van der Waals surface area contributed by atoms with Crippen LogP contribution in [0, 0.1) is 13.7 Å². The molecule has 0 aromatic heterocycles. The number of hydrogen-bond acceptors (Lipinski definition) is 3. The van der Waals surface area contributed by atoms with Crippen molar-refractivity contribution in [3.63, 3.8) is 0 Å². The minimum atomic E-state index is -0.374. The van der Waals surface area contributed by atoms with E-state index in [1.54, 1.807) is 12.1 Å². The standard InChI is InChI=1S/C15H15IN2O2/c16-14-11-13(18(19)20)8-9-15(14)17-10-4-7-12-5-2-1-3-6-12/h1-3,5-6,8-9,11,17H,4,7,10H2. The Morgan fingerprint density at radius 2 is 1.90 bits per heavy atom. The molecular formula is C15H15IN2O2. The molecule has 4 nitrogen and oxygen atoms in total. The van der Waals surface area contributed by atoms with Crippen LogP contribution in [0.4, 0.5) is 11.4 Å². The second-order valence-electron chi connectivity index (χ2n) is 4.44. The molecule has 0 unspecified atom stereocenters. The molecule has 5 heteroatoms. The molecule has 20 heavy (non-hydrogen) atoms. The van der Waals surface area contributed by atoms with E-state index in [1.165, 1.54) is 11.6 Å². The highest BCUT2D eigenvalue weighted by Crippen LogP contribution is 2.23. The molecular weight excluding hydrogens is 367 g/mol. The molecule has 0 radical (unpaired) electrons. The maximum absolute atomic E-state index is 10.7. The van der Waals surface area contributed by atoms with Gasteiger partial charge in [0.05, 0.1) is 4.92 Å². The summed E-state index contributed by atoms with van der Waals surface area (Å²) in [4.78, 5) is 10.3. The molecule has 0 fully saturated rings. The zero-order chi connectivity index (χ0) is 14.4. The van der Waals surface area contributed by atoms with Crippen LogP contribution in [0.5, 0.6) is 0 Å². The Morgan fingerprint density at radius 1 is 1.15 bits per heavy atom. The van der Waals surface area contributed by atoms with Gasteiger partial charge < -0.3 is 5.32 Å². The van der Waals surface area contributed by atoms with Crippen LogP contribution in [0.3, 0.4) is 0 Å². The first-order valence-corrected chi connectivity index (χ1v) is 7.46. The molecule has 0 heterocycles. The summed E-state index contributed by atoms with van der Waals surface area (Å²) in [6, 6.07) is 15.2. The minimum absolute atomic E-state index is 0.129. The molecule has 0 spiro atoms. The van der Waals surface area contributed by atoms with Crippen LogP contribution < -0.4 is 5.32 Å². The van der Waals surface area contributed by atoms with Gasteiger partial charge >= 0.3 is 0 Å². The van der Waals surface area contributed by atoms with E-state index in [9.17, 15) is 10.1 Å². The molecule has 0 aliphatic rings. The van der Waals surface area contributed by atoms with E-state index in [-0.39, 0.29) is 10.6 Å². The smallest absolute Gasteiger partial charge is 0.270 e. The van der Waals surface area contributed by atoms with Crippen molar-refractivity contribution in [2.45, 2.75) is 12.8 Å². The molecule has 0 aliphatic heterocycles. The van der Waals surface area contributed by atoms with Crippen LogP contribution in [0.25, 0.3) is 0 Å². The second-order valence-corrected chi connectivity index (χ2v) is 5.60. The van der Waals surface area contributed by atoms with E-state index >= 15 is 0 Å². The third kappa shape index (κ3) is 4.19. The summed E-state index contributed by atoms with van der Waals surface area (Å²) in [5.41, 5.74) is 2.40. The van der Waals surface area contributed by atoms with E-state index in [0.29, 0.717) is 0 Å². The maximum Gasteiger partial charge on any atom is 0.270 e. The lowest BCUT2D eigenvalue weighted by molar-refractivity contribution is -0.384. The number of halogens is 1. The van der Waals surface area contributed by atoms with Gasteiger partial charge in [0, 0.05) is 27.9 Å². The SMILES string of the molecule is O=[N+]([O-])c1ccc(NCCCc2ccccc2)c(I)c1. The van der Waals surface area contributed by atoms with Crippen molar-refractivity contribution in [3.8, 4) is 0 Å². The summed E-state index contributed by atoms with van der Waals surface area (Å²) in [5.74, 6) is 0. The summed E-state index contributed by atoms with van der Waals surface area (Å²) in [7, 11) is 0. The summed E-state index contributed by atoms with van der Waals surface area (Å²) < 4.78 is 0.872. The first kappa shape index (κ1) is 14.8. The monoisotopic (exact) mass is 382 g/mol. The third-order valence-corrected chi connectivity index (χ3v) is 3.86. The lowest BCUT2D eigenvalue weighted by Crippen LogP contribution is -2.04. The number of nitro benzene ring substituents is 1. The quantitative estimate of drug-likeness (QED) is 0.352. The molecule has 0 amide bonds. The van der Waals surface area contributed by atoms with Crippen molar-refractivity contribution in [1.29, 1.82) is 0 Å². The van der Waals surface area contributed by atoms with Gasteiger partial charge in [-0.05, 0) is 47.1 Å². The fourth-order valence-corrected chi connectivity index (χ4v) is 2.61. The van der Waals surface area contributed by atoms with Crippen LogP contribution in [0.15, 0.2) is 48.5 Å². The molecule has 0 atom stereocenters. The zero-order valence-corrected chi connectivity index (χ0v) is 13.0. The zero-order valence-electron chi connectivity index (χ0n) is 10.9. The highest BCUT2D eigenvalue weighted by molar-refractivity contribution is 14.1. The Labute approximate surface area is 131 Å². The number of nitro groups is 1. The summed E-state index contributed by atoms with van der Waals surface area (Å²) in [5, 5.41) is 14.0. The van der Waals surface area contributed by atoms with Crippen molar-refractivity contribution in [2.24, 2.45) is 0 Å². The highest BCUT2D eigenvalue weighted by Gasteiger charge is 2.08. The van der Waals surface area contributed by atoms with E-state index < -0.39 is 0 Å². The molecule has 0 bridgehead atoms. The molecule has 0 aliphatic carbocycles. The largest absolute Gasteiger partial charge is 0.384 e. The fourth-order valence-electron chi connectivity index (χ4n) is 1.92. The van der Waals surface area contributed by atoms with E-state index in [1.807, 2.05) is 18.2 Å². The first-order chi connectivity index (χ1) is 9.66. The van der Waals surface area contributed by atoms with Crippen molar-refractivity contribution in [2.75, 3.05) is 11.9 Å². The van der Waals surface area contributed by atoms with Gasteiger partial charge in [-0.1, -0.05) is 30.3 Å². The molecule has 2 aromatic rings. The van der Waals surface area contributed by atoms with Gasteiger partial charge in [-0.15, -0.1) is 0 Å². The van der Waals surface area contributed by atoms with E-state index in [0.717, 1.165) is 28.6 Å². The lowest BCUT2D eigenvalue weighted by atomic mass is 10.1. The maximum atomic E-state index is 10.7. The number of rotatable bonds is 6.